The standard InChI is InChI=1S/C14H19N7O3/c1-16-10-6-11(20-13(15)19-10)21(4-18-6)7-5-3-14(5,12(24)17-2)9(23)8(7)22/h4-5,7-9,22-23H,3H2,1-2H3,(H,17,24)(H3,15,16,19,20)/t5-,7-,8+,9+,14-/m1/s1. The molecule has 128 valence electrons. The van der Waals surface area contributed by atoms with E-state index in [4.69, 9.17) is 5.73 Å². The molecule has 5 atom stereocenters. The molecule has 2 saturated carbocycles. The minimum absolute atomic E-state index is 0.0787. The van der Waals surface area contributed by atoms with Crippen molar-refractivity contribution in [2.24, 2.45) is 11.3 Å². The first-order chi connectivity index (χ1) is 11.5. The molecule has 10 heteroatoms. The van der Waals surface area contributed by atoms with Crippen LogP contribution in [0.5, 0.6) is 0 Å². The van der Waals surface area contributed by atoms with Gasteiger partial charge in [-0.05, 0) is 6.42 Å². The monoisotopic (exact) mass is 333 g/mol. The predicted octanol–water partition coefficient (Wildman–Crippen LogP) is -1.52. The Morgan fingerprint density at radius 1 is 1.42 bits per heavy atom. The normalized spacial score (nSPS) is 34.2. The van der Waals surface area contributed by atoms with Gasteiger partial charge in [-0.15, -0.1) is 0 Å². The van der Waals surface area contributed by atoms with E-state index in [2.05, 4.69) is 25.6 Å². The largest absolute Gasteiger partial charge is 0.389 e. The van der Waals surface area contributed by atoms with E-state index in [1.54, 1.807) is 17.9 Å². The molecule has 24 heavy (non-hydrogen) atoms. The molecule has 2 aliphatic rings. The molecule has 1 amide bonds. The van der Waals surface area contributed by atoms with Crippen LogP contribution in [0.15, 0.2) is 6.33 Å². The van der Waals surface area contributed by atoms with Gasteiger partial charge in [-0.25, -0.2) is 4.98 Å². The van der Waals surface area contributed by atoms with Crippen molar-refractivity contribution >= 4 is 28.8 Å². The number of aliphatic hydroxyl groups excluding tert-OH is 2. The smallest absolute Gasteiger partial charge is 0.229 e. The van der Waals surface area contributed by atoms with Gasteiger partial charge < -0.3 is 31.1 Å². The summed E-state index contributed by atoms with van der Waals surface area (Å²) in [4.78, 5) is 24.8. The minimum atomic E-state index is -1.13. The van der Waals surface area contributed by atoms with Gasteiger partial charge in [-0.3, -0.25) is 4.79 Å². The molecule has 2 aromatic rings. The van der Waals surface area contributed by atoms with Crippen molar-refractivity contribution in [2.75, 3.05) is 25.1 Å². The fraction of sp³-hybridized carbons (Fsp3) is 0.571. The molecule has 0 bridgehead atoms. The van der Waals surface area contributed by atoms with Crippen molar-refractivity contribution in [3.63, 3.8) is 0 Å². The number of aromatic nitrogens is 4. The summed E-state index contributed by atoms with van der Waals surface area (Å²) >= 11 is 0. The highest BCUT2D eigenvalue weighted by Gasteiger charge is 2.75. The summed E-state index contributed by atoms with van der Waals surface area (Å²) in [5, 5.41) is 26.5. The summed E-state index contributed by atoms with van der Waals surface area (Å²) in [6.07, 6.45) is -0.173. The molecule has 0 aromatic carbocycles. The third kappa shape index (κ3) is 1.66. The third-order valence-corrected chi connectivity index (χ3v) is 5.32. The number of rotatable bonds is 3. The Bertz CT molecular complexity index is 837. The fourth-order valence-corrected chi connectivity index (χ4v) is 4.11. The second-order valence-corrected chi connectivity index (χ2v) is 6.36. The van der Waals surface area contributed by atoms with E-state index in [-0.39, 0.29) is 17.8 Å². The van der Waals surface area contributed by atoms with Crippen LogP contribution in [-0.4, -0.2) is 61.9 Å². The van der Waals surface area contributed by atoms with Crippen LogP contribution in [0.4, 0.5) is 11.8 Å². The second kappa shape index (κ2) is 4.77. The molecule has 6 N–H and O–H groups in total. The third-order valence-electron chi connectivity index (χ3n) is 5.32. The summed E-state index contributed by atoms with van der Waals surface area (Å²) < 4.78 is 1.68. The maximum absolute atomic E-state index is 12.2. The molecule has 2 aromatic heterocycles. The van der Waals surface area contributed by atoms with Crippen LogP contribution in [-0.2, 0) is 4.79 Å². The first kappa shape index (κ1) is 15.1. The van der Waals surface area contributed by atoms with Gasteiger partial charge in [0.2, 0.25) is 11.9 Å². The van der Waals surface area contributed by atoms with Gasteiger partial charge >= 0.3 is 0 Å². The molecular formula is C14H19N7O3. The number of imidazole rings is 1. The first-order valence-corrected chi connectivity index (χ1v) is 7.71. The molecule has 0 unspecified atom stereocenters. The van der Waals surface area contributed by atoms with Crippen molar-refractivity contribution in [3.8, 4) is 0 Å². The molecule has 4 rings (SSSR count). The first-order valence-electron chi connectivity index (χ1n) is 7.71. The van der Waals surface area contributed by atoms with Gasteiger partial charge in [0.15, 0.2) is 17.0 Å². The summed E-state index contributed by atoms with van der Waals surface area (Å²) in [6.45, 7) is 0. The fourth-order valence-electron chi connectivity index (χ4n) is 4.11. The average Bonchev–Trinajstić information content (AvgIpc) is 3.12. The molecule has 0 aliphatic heterocycles. The van der Waals surface area contributed by atoms with Gasteiger partial charge in [0.05, 0.1) is 23.9 Å². The Morgan fingerprint density at radius 3 is 2.83 bits per heavy atom. The van der Waals surface area contributed by atoms with E-state index in [1.165, 1.54) is 7.05 Å². The number of fused-ring (bicyclic) bond motifs is 2. The Kier molecular flexibility index (Phi) is 3.00. The summed E-state index contributed by atoms with van der Waals surface area (Å²) in [5.74, 6) is 0.123. The lowest BCUT2D eigenvalue weighted by Crippen LogP contribution is -2.41. The van der Waals surface area contributed by atoms with Gasteiger partial charge in [-0.1, -0.05) is 0 Å². The number of nitrogens with zero attached hydrogens (tertiary/aromatic N) is 4. The Labute approximate surface area is 137 Å². The summed E-state index contributed by atoms with van der Waals surface area (Å²) in [7, 11) is 3.23. The summed E-state index contributed by atoms with van der Waals surface area (Å²) in [5.41, 5.74) is 5.79. The van der Waals surface area contributed by atoms with E-state index in [1.807, 2.05) is 0 Å². The SMILES string of the molecule is CNC(=O)[C@]12C[C@@H]1[C@@H](n1cnc3c(NC)nc(N)nc31)[C@H](O)[C@@H]2O. The van der Waals surface area contributed by atoms with E-state index in [0.717, 1.165) is 0 Å². The summed E-state index contributed by atoms with van der Waals surface area (Å²) in [6, 6.07) is -0.499. The van der Waals surface area contributed by atoms with Crippen LogP contribution in [0.3, 0.4) is 0 Å². The molecule has 10 nitrogen and oxygen atoms in total. The molecule has 0 saturated heterocycles. The highest BCUT2D eigenvalue weighted by molar-refractivity contribution is 5.88. The minimum Gasteiger partial charge on any atom is -0.389 e. The van der Waals surface area contributed by atoms with Gasteiger partial charge in [-0.2, -0.15) is 9.97 Å². The number of nitrogens with one attached hydrogen (secondary N) is 2. The molecule has 0 radical (unpaired) electrons. The number of aliphatic hydroxyl groups is 2. The number of amides is 1. The quantitative estimate of drug-likeness (QED) is 0.454. The molecule has 2 fully saturated rings. The zero-order valence-electron chi connectivity index (χ0n) is 13.3. The van der Waals surface area contributed by atoms with E-state index in [9.17, 15) is 15.0 Å². The van der Waals surface area contributed by atoms with E-state index in [0.29, 0.717) is 23.4 Å². The lowest BCUT2D eigenvalue weighted by Gasteiger charge is -2.23. The van der Waals surface area contributed by atoms with Crippen LogP contribution >= 0.6 is 0 Å². The maximum atomic E-state index is 12.2. The second-order valence-electron chi connectivity index (χ2n) is 6.36. The number of carbonyl (C=O) groups is 1. The average molecular weight is 333 g/mol. The van der Waals surface area contributed by atoms with Crippen molar-refractivity contribution in [3.05, 3.63) is 6.33 Å². The number of nitrogens with two attached hydrogens (primary N) is 1. The van der Waals surface area contributed by atoms with Crippen LogP contribution in [0.25, 0.3) is 11.2 Å². The van der Waals surface area contributed by atoms with Crippen LogP contribution < -0.4 is 16.4 Å². The van der Waals surface area contributed by atoms with Crippen LogP contribution in [0, 0.1) is 11.3 Å². The number of hydrogen-bond acceptors (Lipinski definition) is 8. The Hall–Kier alpha value is -2.46. The van der Waals surface area contributed by atoms with Gasteiger partial charge in [0.25, 0.3) is 0 Å². The highest BCUT2D eigenvalue weighted by Crippen LogP contribution is 2.67. The number of nitrogen functional groups attached to an aromatic ring is 1. The van der Waals surface area contributed by atoms with Crippen molar-refractivity contribution in [2.45, 2.75) is 24.7 Å². The zero-order valence-corrected chi connectivity index (χ0v) is 13.3. The Balaban J connectivity index is 1.82. The van der Waals surface area contributed by atoms with E-state index >= 15 is 0 Å². The predicted molar refractivity (Wildman–Crippen MR) is 84.9 cm³/mol. The van der Waals surface area contributed by atoms with Crippen molar-refractivity contribution < 1.29 is 15.0 Å². The van der Waals surface area contributed by atoms with Crippen molar-refractivity contribution in [1.82, 2.24) is 24.8 Å². The van der Waals surface area contributed by atoms with Crippen LogP contribution in [0.1, 0.15) is 12.5 Å². The number of anilines is 2. The zero-order chi connectivity index (χ0) is 17.2. The Morgan fingerprint density at radius 2 is 2.17 bits per heavy atom. The molecule has 2 aliphatic carbocycles. The topological polar surface area (TPSA) is 151 Å². The lowest BCUT2D eigenvalue weighted by atomic mass is 9.98. The van der Waals surface area contributed by atoms with Gasteiger partial charge in [0, 0.05) is 20.0 Å². The van der Waals surface area contributed by atoms with Gasteiger partial charge in [0.1, 0.15) is 6.10 Å². The van der Waals surface area contributed by atoms with E-state index < -0.39 is 23.7 Å². The molecular weight excluding hydrogens is 314 g/mol. The molecule has 2 heterocycles. The molecule has 0 spiro atoms. The number of hydrogen-bond donors (Lipinski definition) is 5. The van der Waals surface area contributed by atoms with Crippen molar-refractivity contribution in [1.29, 1.82) is 0 Å². The maximum Gasteiger partial charge on any atom is 0.229 e. The lowest BCUT2D eigenvalue weighted by molar-refractivity contribution is -0.132. The highest BCUT2D eigenvalue weighted by atomic mass is 16.3. The van der Waals surface area contributed by atoms with Crippen LogP contribution in [0.2, 0.25) is 0 Å². The number of carbonyl (C=O) groups excluding carboxylic acids is 1.